The average Bonchev–Trinajstić information content (AvgIpc) is 3.14. The number of hydrogen-bond donors (Lipinski definition) is 1. The molecule has 102 valence electrons. The van der Waals surface area contributed by atoms with Gasteiger partial charge in [0, 0.05) is 7.11 Å². The smallest absolute Gasteiger partial charge is 0.0699 e. The Balaban J connectivity index is 2.14. The van der Waals surface area contributed by atoms with E-state index in [-0.39, 0.29) is 0 Å². The fourth-order valence-electron chi connectivity index (χ4n) is 2.25. The van der Waals surface area contributed by atoms with E-state index in [0.717, 1.165) is 29.9 Å². The first-order valence-electron chi connectivity index (χ1n) is 6.71. The van der Waals surface area contributed by atoms with Crippen LogP contribution in [0.4, 0.5) is 0 Å². The minimum absolute atomic E-state index is 0.429. The lowest BCUT2D eigenvalue weighted by molar-refractivity contribution is 0.181. The summed E-state index contributed by atoms with van der Waals surface area (Å²) in [5, 5.41) is 8.10. The van der Waals surface area contributed by atoms with Crippen molar-refractivity contribution in [1.82, 2.24) is 15.1 Å². The van der Waals surface area contributed by atoms with Gasteiger partial charge in [0.2, 0.25) is 0 Å². The number of methoxy groups -OCH3 is 1. The van der Waals surface area contributed by atoms with E-state index >= 15 is 0 Å². The Morgan fingerprint density at radius 2 is 2.39 bits per heavy atom. The predicted molar refractivity (Wildman–Crippen MR) is 75.6 cm³/mol. The Morgan fingerprint density at radius 1 is 1.61 bits per heavy atom. The number of nitrogens with zero attached hydrogens (tertiary/aromatic N) is 2. The molecule has 0 aliphatic heterocycles. The molecule has 1 atom stereocenters. The summed E-state index contributed by atoms with van der Waals surface area (Å²) in [6, 6.07) is 0.429. The molecule has 0 amide bonds. The number of aromatic nitrogens is 2. The molecular formula is C13H22BrN3O. The highest BCUT2D eigenvalue weighted by Gasteiger charge is 2.35. The molecule has 0 saturated heterocycles. The number of ether oxygens (including phenoxy) is 1. The van der Waals surface area contributed by atoms with E-state index < -0.39 is 0 Å². The monoisotopic (exact) mass is 315 g/mol. The molecule has 1 saturated carbocycles. The highest BCUT2D eigenvalue weighted by atomic mass is 79.9. The summed E-state index contributed by atoms with van der Waals surface area (Å²) in [6.45, 7) is 4.78. The van der Waals surface area contributed by atoms with Gasteiger partial charge in [-0.2, -0.15) is 5.10 Å². The van der Waals surface area contributed by atoms with Gasteiger partial charge in [0.25, 0.3) is 0 Å². The first kappa shape index (κ1) is 14.0. The van der Waals surface area contributed by atoms with E-state index in [4.69, 9.17) is 4.74 Å². The quantitative estimate of drug-likeness (QED) is 0.801. The van der Waals surface area contributed by atoms with E-state index in [2.05, 4.69) is 38.0 Å². The van der Waals surface area contributed by atoms with Gasteiger partial charge in [0.1, 0.15) is 0 Å². The number of halogens is 1. The normalized spacial score (nSPS) is 17.1. The summed E-state index contributed by atoms with van der Waals surface area (Å²) in [6.07, 6.45) is 5.70. The number of hydrogen-bond acceptors (Lipinski definition) is 3. The molecule has 1 aromatic heterocycles. The van der Waals surface area contributed by atoms with Crippen molar-refractivity contribution in [1.29, 1.82) is 0 Å². The van der Waals surface area contributed by atoms with Gasteiger partial charge in [-0.1, -0.05) is 6.92 Å². The molecule has 0 bridgehead atoms. The fourth-order valence-corrected chi connectivity index (χ4v) is 2.80. The molecule has 4 nitrogen and oxygen atoms in total. The van der Waals surface area contributed by atoms with Crippen LogP contribution in [0.5, 0.6) is 0 Å². The SMILES string of the molecule is CCCNC(c1c(Br)cnn1CCOC)C1CC1. The molecule has 1 aliphatic rings. The third kappa shape index (κ3) is 3.33. The highest BCUT2D eigenvalue weighted by Crippen LogP contribution is 2.42. The Hall–Kier alpha value is -0.390. The van der Waals surface area contributed by atoms with Crippen LogP contribution in [0.15, 0.2) is 10.7 Å². The Labute approximate surface area is 117 Å². The molecule has 1 unspecified atom stereocenters. The highest BCUT2D eigenvalue weighted by molar-refractivity contribution is 9.10. The van der Waals surface area contributed by atoms with E-state index in [9.17, 15) is 0 Å². The van der Waals surface area contributed by atoms with Crippen LogP contribution in [0.1, 0.15) is 37.9 Å². The van der Waals surface area contributed by atoms with Gasteiger partial charge in [0.05, 0.1) is 35.6 Å². The van der Waals surface area contributed by atoms with E-state index in [1.165, 1.54) is 18.5 Å². The van der Waals surface area contributed by atoms with Crippen LogP contribution < -0.4 is 5.32 Å². The summed E-state index contributed by atoms with van der Waals surface area (Å²) >= 11 is 3.63. The van der Waals surface area contributed by atoms with E-state index in [1.54, 1.807) is 7.11 Å². The van der Waals surface area contributed by atoms with Crippen LogP contribution in [-0.2, 0) is 11.3 Å². The van der Waals surface area contributed by atoms with Gasteiger partial charge in [-0.05, 0) is 47.7 Å². The summed E-state index contributed by atoms with van der Waals surface area (Å²) in [5.41, 5.74) is 1.28. The van der Waals surface area contributed by atoms with Crippen LogP contribution in [0.25, 0.3) is 0 Å². The maximum absolute atomic E-state index is 5.15. The molecular weight excluding hydrogens is 294 g/mol. The largest absolute Gasteiger partial charge is 0.383 e. The Kier molecular flexibility index (Phi) is 5.21. The van der Waals surface area contributed by atoms with Crippen LogP contribution in [-0.4, -0.2) is 30.0 Å². The van der Waals surface area contributed by atoms with Crippen molar-refractivity contribution >= 4 is 15.9 Å². The first-order chi connectivity index (χ1) is 8.77. The summed E-state index contributed by atoms with van der Waals surface area (Å²) in [7, 11) is 1.73. The van der Waals surface area contributed by atoms with Gasteiger partial charge in [-0.25, -0.2) is 0 Å². The molecule has 1 aliphatic carbocycles. The molecule has 0 aromatic carbocycles. The minimum Gasteiger partial charge on any atom is -0.383 e. The maximum Gasteiger partial charge on any atom is 0.0699 e. The van der Waals surface area contributed by atoms with Crippen LogP contribution in [0.2, 0.25) is 0 Å². The molecule has 5 heteroatoms. The first-order valence-corrected chi connectivity index (χ1v) is 7.50. The molecule has 1 aromatic rings. The zero-order valence-corrected chi connectivity index (χ0v) is 12.7. The van der Waals surface area contributed by atoms with Crippen LogP contribution >= 0.6 is 15.9 Å². The fraction of sp³-hybridized carbons (Fsp3) is 0.769. The van der Waals surface area contributed by atoms with Gasteiger partial charge in [0.15, 0.2) is 0 Å². The summed E-state index contributed by atoms with van der Waals surface area (Å²) in [5.74, 6) is 0.769. The molecule has 1 fully saturated rings. The van der Waals surface area contributed by atoms with Crippen molar-refractivity contribution in [2.45, 2.75) is 38.8 Å². The van der Waals surface area contributed by atoms with Crippen molar-refractivity contribution < 1.29 is 4.74 Å². The van der Waals surface area contributed by atoms with Gasteiger partial charge in [-0.3, -0.25) is 4.68 Å². The van der Waals surface area contributed by atoms with Crippen molar-refractivity contribution in [2.24, 2.45) is 5.92 Å². The summed E-state index contributed by atoms with van der Waals surface area (Å²) in [4.78, 5) is 0. The van der Waals surface area contributed by atoms with Crippen molar-refractivity contribution in [2.75, 3.05) is 20.3 Å². The van der Waals surface area contributed by atoms with Crippen LogP contribution in [0, 0.1) is 5.92 Å². The van der Waals surface area contributed by atoms with Gasteiger partial charge >= 0.3 is 0 Å². The summed E-state index contributed by atoms with van der Waals surface area (Å²) < 4.78 is 8.33. The van der Waals surface area contributed by atoms with E-state index in [0.29, 0.717) is 12.6 Å². The standard InChI is InChI=1S/C13H22BrN3O/c1-3-6-15-12(10-4-5-10)13-11(14)9-16-17(13)7-8-18-2/h9-10,12,15H,3-8H2,1-2H3. The lowest BCUT2D eigenvalue weighted by Crippen LogP contribution is -2.27. The second-order valence-corrected chi connectivity index (χ2v) is 5.72. The molecule has 1 N–H and O–H groups in total. The molecule has 0 spiro atoms. The lowest BCUT2D eigenvalue weighted by atomic mass is 10.1. The Morgan fingerprint density at radius 3 is 3.00 bits per heavy atom. The predicted octanol–water partition coefficient (Wildman–Crippen LogP) is 2.74. The number of rotatable bonds is 8. The van der Waals surface area contributed by atoms with Crippen molar-refractivity contribution in [3.8, 4) is 0 Å². The third-order valence-corrected chi connectivity index (χ3v) is 3.95. The number of nitrogens with one attached hydrogen (secondary N) is 1. The molecule has 0 radical (unpaired) electrons. The second kappa shape index (κ2) is 6.68. The van der Waals surface area contributed by atoms with Crippen molar-refractivity contribution in [3.63, 3.8) is 0 Å². The van der Waals surface area contributed by atoms with Crippen LogP contribution in [0.3, 0.4) is 0 Å². The van der Waals surface area contributed by atoms with Gasteiger partial charge in [-0.15, -0.1) is 0 Å². The minimum atomic E-state index is 0.429. The topological polar surface area (TPSA) is 39.1 Å². The molecule has 18 heavy (non-hydrogen) atoms. The third-order valence-electron chi connectivity index (χ3n) is 3.34. The second-order valence-electron chi connectivity index (χ2n) is 4.86. The van der Waals surface area contributed by atoms with Gasteiger partial charge < -0.3 is 10.1 Å². The maximum atomic E-state index is 5.15. The lowest BCUT2D eigenvalue weighted by Gasteiger charge is -2.20. The van der Waals surface area contributed by atoms with Crippen molar-refractivity contribution in [3.05, 3.63) is 16.4 Å². The average molecular weight is 316 g/mol. The van der Waals surface area contributed by atoms with E-state index in [1.807, 2.05) is 6.20 Å². The zero-order chi connectivity index (χ0) is 13.0. The zero-order valence-electron chi connectivity index (χ0n) is 11.2. The Bertz CT molecular complexity index is 376. The molecule has 1 heterocycles. The molecule has 2 rings (SSSR count).